The third-order valence-electron chi connectivity index (χ3n) is 2.41. The molecule has 0 fully saturated rings. The summed E-state index contributed by atoms with van der Waals surface area (Å²) < 4.78 is 6.70. The largest absolute Gasteiger partial charge is 0.477 e. The maximum absolute atomic E-state index is 12.2. The molecule has 2 rings (SSSR count). The summed E-state index contributed by atoms with van der Waals surface area (Å²) in [6.07, 6.45) is -0.768. The lowest BCUT2D eigenvalue weighted by Gasteiger charge is -2.20. The molecule has 0 spiro atoms. The van der Waals surface area contributed by atoms with E-state index in [2.05, 4.69) is 20.9 Å². The summed E-state index contributed by atoms with van der Waals surface area (Å²) in [5.41, 5.74) is -0.666. The van der Waals surface area contributed by atoms with Crippen LogP contribution in [0.5, 0.6) is 0 Å². The Morgan fingerprint density at radius 3 is 2.55 bits per heavy atom. The van der Waals surface area contributed by atoms with E-state index in [1.807, 2.05) is 0 Å². The molecule has 0 aromatic carbocycles. The topological polar surface area (TPSA) is 81.4 Å². The van der Waals surface area contributed by atoms with E-state index in [0.29, 0.717) is 9.99 Å². The van der Waals surface area contributed by atoms with Crippen molar-refractivity contribution in [2.24, 2.45) is 0 Å². The second kappa shape index (κ2) is 4.90. The molecule has 0 saturated heterocycles. The van der Waals surface area contributed by atoms with Crippen LogP contribution in [0.4, 0.5) is 4.79 Å². The van der Waals surface area contributed by atoms with Gasteiger partial charge in [0.15, 0.2) is 5.65 Å². The van der Waals surface area contributed by atoms with Gasteiger partial charge in [0.2, 0.25) is 0 Å². The van der Waals surface area contributed by atoms with Crippen LogP contribution >= 0.6 is 15.9 Å². The summed E-state index contributed by atoms with van der Waals surface area (Å²) in [5.74, 6) is -1.22. The third kappa shape index (κ3) is 2.82. The predicted octanol–water partition coefficient (Wildman–Crippen LogP) is 3.28. The van der Waals surface area contributed by atoms with E-state index in [-0.39, 0.29) is 11.3 Å². The average Bonchev–Trinajstić information content (AvgIpc) is 2.65. The monoisotopic (exact) mass is 340 g/mol. The highest BCUT2D eigenvalue weighted by Crippen LogP contribution is 2.22. The van der Waals surface area contributed by atoms with Crippen LogP contribution in [0.2, 0.25) is 0 Å². The number of nitrogens with zero attached hydrogens (tertiary/aromatic N) is 2. The summed E-state index contributed by atoms with van der Waals surface area (Å²) in [6.45, 7) is 5.13. The first-order chi connectivity index (χ1) is 9.19. The number of aromatic carboxylic acids is 1. The first-order valence-corrected chi connectivity index (χ1v) is 6.63. The van der Waals surface area contributed by atoms with E-state index < -0.39 is 17.7 Å². The molecule has 0 bridgehead atoms. The molecule has 1 N–H and O–H groups in total. The van der Waals surface area contributed by atoms with Crippen LogP contribution in [-0.2, 0) is 4.74 Å². The molecule has 2 aromatic rings. The fourth-order valence-corrected chi connectivity index (χ4v) is 2.00. The molecule has 0 aliphatic rings. The molecule has 106 valence electrons. The number of aromatic nitrogens is 2. The van der Waals surface area contributed by atoms with E-state index >= 15 is 0 Å². The maximum Gasteiger partial charge on any atom is 0.420 e. The number of pyridine rings is 1. The summed E-state index contributed by atoms with van der Waals surface area (Å²) in [6, 6.07) is 4.74. The molecular weight excluding hydrogens is 328 g/mol. The molecule has 20 heavy (non-hydrogen) atoms. The highest BCUT2D eigenvalue weighted by atomic mass is 79.9. The number of hydrogen-bond donors (Lipinski definition) is 1. The standard InChI is InChI=1S/C13H13BrN2O4/c1-13(2,3)20-12(19)16-8(11(17)18)6-7-4-5-9(14)15-10(7)16/h4-6H,1-3H3,(H,17,18). The second-order valence-electron chi connectivity index (χ2n) is 5.20. The lowest BCUT2D eigenvalue weighted by molar-refractivity contribution is 0.0512. The fourth-order valence-electron chi connectivity index (χ4n) is 1.70. The Labute approximate surface area is 123 Å². The molecule has 0 radical (unpaired) electrons. The number of ether oxygens (including phenoxy) is 1. The molecule has 0 amide bonds. The Bertz CT molecular complexity index is 700. The zero-order chi connectivity index (χ0) is 15.1. The molecule has 7 heteroatoms. The van der Waals surface area contributed by atoms with Crippen molar-refractivity contribution in [2.45, 2.75) is 26.4 Å². The van der Waals surface area contributed by atoms with Gasteiger partial charge in [-0.3, -0.25) is 0 Å². The van der Waals surface area contributed by atoms with Crippen LogP contribution in [0.15, 0.2) is 22.8 Å². The predicted molar refractivity (Wildman–Crippen MR) is 76.0 cm³/mol. The highest BCUT2D eigenvalue weighted by Gasteiger charge is 2.25. The van der Waals surface area contributed by atoms with E-state index in [1.165, 1.54) is 6.07 Å². The van der Waals surface area contributed by atoms with Gasteiger partial charge in [-0.05, 0) is 54.9 Å². The van der Waals surface area contributed by atoms with Crippen LogP contribution < -0.4 is 0 Å². The van der Waals surface area contributed by atoms with Gasteiger partial charge in [0.25, 0.3) is 0 Å². The zero-order valence-corrected chi connectivity index (χ0v) is 12.8. The molecule has 2 aromatic heterocycles. The van der Waals surface area contributed by atoms with E-state index in [1.54, 1.807) is 32.9 Å². The minimum atomic E-state index is -1.22. The average molecular weight is 341 g/mol. The van der Waals surface area contributed by atoms with Crippen molar-refractivity contribution in [3.05, 3.63) is 28.5 Å². The van der Waals surface area contributed by atoms with Gasteiger partial charge in [-0.25, -0.2) is 19.1 Å². The number of carboxylic acids is 1. The van der Waals surface area contributed by atoms with Crippen molar-refractivity contribution < 1.29 is 19.4 Å². The summed E-state index contributed by atoms with van der Waals surface area (Å²) in [5, 5.41) is 9.77. The van der Waals surface area contributed by atoms with Crippen LogP contribution in [0.1, 0.15) is 31.3 Å². The first-order valence-electron chi connectivity index (χ1n) is 5.84. The van der Waals surface area contributed by atoms with Crippen molar-refractivity contribution in [1.29, 1.82) is 0 Å². The minimum absolute atomic E-state index is 0.181. The number of carboxylic acid groups (broad SMARTS) is 1. The van der Waals surface area contributed by atoms with Crippen molar-refractivity contribution in [3.8, 4) is 0 Å². The minimum Gasteiger partial charge on any atom is -0.477 e. The Morgan fingerprint density at radius 1 is 1.35 bits per heavy atom. The molecule has 0 unspecified atom stereocenters. The van der Waals surface area contributed by atoms with Crippen molar-refractivity contribution in [2.75, 3.05) is 0 Å². The van der Waals surface area contributed by atoms with Crippen molar-refractivity contribution in [1.82, 2.24) is 9.55 Å². The van der Waals surface area contributed by atoms with Crippen LogP contribution in [-0.4, -0.2) is 32.3 Å². The van der Waals surface area contributed by atoms with Gasteiger partial charge in [-0.2, -0.15) is 0 Å². The fraction of sp³-hybridized carbons (Fsp3) is 0.308. The van der Waals surface area contributed by atoms with Gasteiger partial charge < -0.3 is 9.84 Å². The lowest BCUT2D eigenvalue weighted by atomic mass is 10.2. The molecule has 6 nitrogen and oxygen atoms in total. The second-order valence-corrected chi connectivity index (χ2v) is 6.01. The molecule has 0 aliphatic heterocycles. The smallest absolute Gasteiger partial charge is 0.420 e. The zero-order valence-electron chi connectivity index (χ0n) is 11.2. The molecule has 2 heterocycles. The Balaban J connectivity index is 2.65. The lowest BCUT2D eigenvalue weighted by Crippen LogP contribution is -2.29. The van der Waals surface area contributed by atoms with Gasteiger partial charge in [-0.1, -0.05) is 0 Å². The molecule has 0 aliphatic carbocycles. The highest BCUT2D eigenvalue weighted by molar-refractivity contribution is 9.10. The SMILES string of the molecule is CC(C)(C)OC(=O)n1c(C(=O)O)cc2ccc(Br)nc21. The third-order valence-corrected chi connectivity index (χ3v) is 2.85. The van der Waals surface area contributed by atoms with Gasteiger partial charge in [0, 0.05) is 5.39 Å². The normalized spacial score (nSPS) is 11.6. The van der Waals surface area contributed by atoms with Gasteiger partial charge in [-0.15, -0.1) is 0 Å². The van der Waals surface area contributed by atoms with Crippen molar-refractivity contribution in [3.63, 3.8) is 0 Å². The number of halogens is 1. The molecule has 0 atom stereocenters. The molecular formula is C13H13BrN2O4. The first kappa shape index (κ1) is 14.5. The number of hydrogen-bond acceptors (Lipinski definition) is 4. The number of carbonyl (C=O) groups excluding carboxylic acids is 1. The quantitative estimate of drug-likeness (QED) is 0.805. The number of carbonyl (C=O) groups is 2. The van der Waals surface area contributed by atoms with E-state index in [9.17, 15) is 14.7 Å². The van der Waals surface area contributed by atoms with Gasteiger partial charge in [0.1, 0.15) is 15.9 Å². The summed E-state index contributed by atoms with van der Waals surface area (Å²) in [4.78, 5) is 27.6. The van der Waals surface area contributed by atoms with Crippen molar-refractivity contribution >= 4 is 39.0 Å². The van der Waals surface area contributed by atoms with E-state index in [0.717, 1.165) is 4.57 Å². The van der Waals surface area contributed by atoms with E-state index in [4.69, 9.17) is 4.74 Å². The Hall–Kier alpha value is -1.89. The number of rotatable bonds is 1. The van der Waals surface area contributed by atoms with Gasteiger partial charge >= 0.3 is 12.1 Å². The van der Waals surface area contributed by atoms with Gasteiger partial charge in [0.05, 0.1) is 0 Å². The summed E-state index contributed by atoms with van der Waals surface area (Å²) in [7, 11) is 0. The Morgan fingerprint density at radius 2 is 2.00 bits per heavy atom. The molecule has 0 saturated carbocycles. The Kier molecular flexibility index (Phi) is 3.56. The van der Waals surface area contributed by atoms with Crippen LogP contribution in [0.3, 0.4) is 0 Å². The maximum atomic E-state index is 12.2. The van der Waals surface area contributed by atoms with Crippen LogP contribution in [0.25, 0.3) is 11.0 Å². The van der Waals surface area contributed by atoms with Crippen LogP contribution in [0, 0.1) is 0 Å². The number of fused-ring (bicyclic) bond motifs is 1. The summed E-state index contributed by atoms with van der Waals surface area (Å²) >= 11 is 3.20.